The summed E-state index contributed by atoms with van der Waals surface area (Å²) in [5.41, 5.74) is 5.92. The number of anilines is 1. The minimum absolute atomic E-state index is 0.0220. The van der Waals surface area contributed by atoms with Gasteiger partial charge < -0.3 is 5.73 Å². The highest BCUT2D eigenvalue weighted by atomic mass is 32.2. The Labute approximate surface area is 123 Å². The van der Waals surface area contributed by atoms with Gasteiger partial charge in [-0.05, 0) is 31.2 Å². The molecule has 8 heteroatoms. The highest BCUT2D eigenvalue weighted by molar-refractivity contribution is 7.89. The van der Waals surface area contributed by atoms with E-state index in [1.807, 2.05) is 6.07 Å². The average Bonchev–Trinajstić information content (AvgIpc) is 2.90. The van der Waals surface area contributed by atoms with Crippen molar-refractivity contribution in [1.82, 2.24) is 14.5 Å². The minimum atomic E-state index is -3.79. The molecule has 1 unspecified atom stereocenters. The van der Waals surface area contributed by atoms with Gasteiger partial charge >= 0.3 is 0 Å². The van der Waals surface area contributed by atoms with Crippen molar-refractivity contribution < 1.29 is 8.42 Å². The van der Waals surface area contributed by atoms with Crippen LogP contribution < -0.4 is 10.5 Å². The van der Waals surface area contributed by atoms with E-state index in [4.69, 9.17) is 11.0 Å². The molecule has 0 spiro atoms. The molecular weight excluding hydrogens is 290 g/mol. The fraction of sp³-hybridized carbons (Fsp3) is 0.231. The van der Waals surface area contributed by atoms with Crippen LogP contribution in [0.25, 0.3) is 0 Å². The van der Waals surface area contributed by atoms with Crippen molar-refractivity contribution in [3.8, 4) is 6.07 Å². The molecule has 0 aliphatic carbocycles. The van der Waals surface area contributed by atoms with Gasteiger partial charge in [0.05, 0.1) is 17.0 Å². The smallest absolute Gasteiger partial charge is 0.242 e. The molecule has 1 heterocycles. The van der Waals surface area contributed by atoms with Gasteiger partial charge in [0.1, 0.15) is 6.07 Å². The first kappa shape index (κ1) is 15.0. The molecule has 3 N–H and O–H groups in total. The minimum Gasteiger partial charge on any atom is -0.399 e. The van der Waals surface area contributed by atoms with Gasteiger partial charge in [-0.15, -0.1) is 0 Å². The Morgan fingerprint density at radius 2 is 2.29 bits per heavy atom. The zero-order valence-corrected chi connectivity index (χ0v) is 12.2. The predicted molar refractivity (Wildman–Crippen MR) is 77.6 cm³/mol. The number of nitrogens with zero attached hydrogens (tertiary/aromatic N) is 3. The summed E-state index contributed by atoms with van der Waals surface area (Å²) in [5, 5.41) is 13.1. The molecule has 2 aromatic rings. The third-order valence-corrected chi connectivity index (χ3v) is 4.44. The van der Waals surface area contributed by atoms with Crippen molar-refractivity contribution in [3.05, 3.63) is 42.2 Å². The van der Waals surface area contributed by atoms with Crippen molar-refractivity contribution in [2.24, 2.45) is 0 Å². The van der Waals surface area contributed by atoms with Crippen molar-refractivity contribution >= 4 is 15.7 Å². The van der Waals surface area contributed by atoms with E-state index < -0.39 is 10.0 Å². The van der Waals surface area contributed by atoms with E-state index in [1.165, 1.54) is 18.2 Å². The first-order valence-electron chi connectivity index (χ1n) is 6.22. The lowest BCUT2D eigenvalue weighted by atomic mass is 10.2. The highest BCUT2D eigenvalue weighted by Gasteiger charge is 2.21. The second kappa shape index (κ2) is 5.95. The maximum absolute atomic E-state index is 12.3. The Kier molecular flexibility index (Phi) is 4.26. The largest absolute Gasteiger partial charge is 0.399 e. The molecule has 0 fully saturated rings. The molecule has 0 saturated heterocycles. The predicted octanol–water partition coefficient (Wildman–Crippen LogP) is 0.704. The average molecular weight is 305 g/mol. The van der Waals surface area contributed by atoms with Gasteiger partial charge in [-0.3, -0.25) is 4.68 Å². The number of hydrogen-bond donors (Lipinski definition) is 2. The Morgan fingerprint density at radius 3 is 2.90 bits per heavy atom. The Morgan fingerprint density at radius 1 is 1.52 bits per heavy atom. The van der Waals surface area contributed by atoms with Gasteiger partial charge in [-0.2, -0.15) is 10.4 Å². The second-order valence-electron chi connectivity index (χ2n) is 4.62. The summed E-state index contributed by atoms with van der Waals surface area (Å²) in [7, 11) is -3.79. The van der Waals surface area contributed by atoms with E-state index in [0.29, 0.717) is 12.2 Å². The normalized spacial score (nSPS) is 12.8. The van der Waals surface area contributed by atoms with Crippen LogP contribution in [0.3, 0.4) is 0 Å². The van der Waals surface area contributed by atoms with Gasteiger partial charge in [0, 0.05) is 24.1 Å². The molecule has 7 nitrogen and oxygen atoms in total. The van der Waals surface area contributed by atoms with Gasteiger partial charge in [0.2, 0.25) is 10.0 Å². The maximum atomic E-state index is 12.3. The second-order valence-corrected chi connectivity index (χ2v) is 6.30. The summed E-state index contributed by atoms with van der Waals surface area (Å²) in [6, 6.07) is 7.35. The van der Waals surface area contributed by atoms with Gasteiger partial charge in [-0.1, -0.05) is 0 Å². The molecule has 1 atom stereocenters. The molecule has 2 rings (SSSR count). The van der Waals surface area contributed by atoms with Crippen LogP contribution in [0.1, 0.15) is 12.5 Å². The lowest BCUT2D eigenvalue weighted by Gasteiger charge is -2.15. The molecule has 0 aliphatic heterocycles. The van der Waals surface area contributed by atoms with Crippen molar-refractivity contribution in [2.75, 3.05) is 5.73 Å². The highest BCUT2D eigenvalue weighted by Crippen LogP contribution is 2.18. The topological polar surface area (TPSA) is 114 Å². The van der Waals surface area contributed by atoms with Crippen LogP contribution in [-0.4, -0.2) is 24.2 Å². The van der Waals surface area contributed by atoms with Crippen LogP contribution in [-0.2, 0) is 16.6 Å². The number of sulfonamides is 1. The van der Waals surface area contributed by atoms with Gasteiger partial charge in [0.15, 0.2) is 0 Å². The Balaban J connectivity index is 2.21. The molecule has 21 heavy (non-hydrogen) atoms. The SMILES string of the molecule is CC(Cn1cccn1)NS(=O)(=O)c1ccc(N)cc1C#N. The fourth-order valence-electron chi connectivity index (χ4n) is 1.92. The lowest BCUT2D eigenvalue weighted by molar-refractivity contribution is 0.494. The molecule has 0 bridgehead atoms. The zero-order valence-electron chi connectivity index (χ0n) is 11.4. The monoisotopic (exact) mass is 305 g/mol. The standard InChI is InChI=1S/C13H15N5O2S/c1-10(9-18-6-2-5-16-18)17-21(19,20)13-4-3-12(15)7-11(13)8-14/h2-7,10,17H,9,15H2,1H3. The third-order valence-electron chi connectivity index (χ3n) is 2.79. The summed E-state index contributed by atoms with van der Waals surface area (Å²) in [4.78, 5) is -0.0773. The maximum Gasteiger partial charge on any atom is 0.242 e. The number of rotatable bonds is 5. The number of nitrogens with one attached hydrogen (secondary N) is 1. The molecule has 1 aromatic heterocycles. The number of nitrogen functional groups attached to an aromatic ring is 1. The quantitative estimate of drug-likeness (QED) is 0.789. The van der Waals surface area contributed by atoms with Crippen LogP contribution in [0.5, 0.6) is 0 Å². The molecule has 0 saturated carbocycles. The van der Waals surface area contributed by atoms with Crippen LogP contribution >= 0.6 is 0 Å². The number of benzene rings is 1. The first-order chi connectivity index (χ1) is 9.92. The Hall–Kier alpha value is -2.37. The van der Waals surface area contributed by atoms with E-state index in [2.05, 4.69) is 9.82 Å². The molecular formula is C13H15N5O2S. The third kappa shape index (κ3) is 3.59. The lowest BCUT2D eigenvalue weighted by Crippen LogP contribution is -2.36. The van der Waals surface area contributed by atoms with E-state index in [-0.39, 0.29) is 16.5 Å². The summed E-state index contributed by atoms with van der Waals surface area (Å²) in [6.45, 7) is 2.12. The van der Waals surface area contributed by atoms with Crippen LogP contribution in [0.2, 0.25) is 0 Å². The van der Waals surface area contributed by atoms with Crippen LogP contribution in [0.4, 0.5) is 5.69 Å². The van der Waals surface area contributed by atoms with Gasteiger partial charge in [0.25, 0.3) is 0 Å². The molecule has 0 aliphatic rings. The van der Waals surface area contributed by atoms with Crippen molar-refractivity contribution in [3.63, 3.8) is 0 Å². The summed E-state index contributed by atoms with van der Waals surface area (Å²) >= 11 is 0. The van der Waals surface area contributed by atoms with E-state index in [1.54, 1.807) is 30.1 Å². The Bertz CT molecular complexity index is 762. The van der Waals surface area contributed by atoms with Crippen molar-refractivity contribution in [2.45, 2.75) is 24.4 Å². The summed E-state index contributed by atoms with van der Waals surface area (Å²) in [5.74, 6) is 0. The molecule has 1 aromatic carbocycles. The van der Waals surface area contributed by atoms with E-state index in [0.717, 1.165) is 0 Å². The van der Waals surface area contributed by atoms with E-state index >= 15 is 0 Å². The number of nitrogens with two attached hydrogens (primary N) is 1. The molecule has 110 valence electrons. The van der Waals surface area contributed by atoms with E-state index in [9.17, 15) is 8.42 Å². The summed E-state index contributed by atoms with van der Waals surface area (Å²) in [6.07, 6.45) is 3.36. The number of aromatic nitrogens is 2. The number of nitriles is 1. The molecule has 0 amide bonds. The zero-order chi connectivity index (χ0) is 15.5. The van der Waals surface area contributed by atoms with Crippen LogP contribution in [0.15, 0.2) is 41.6 Å². The van der Waals surface area contributed by atoms with Crippen LogP contribution in [0, 0.1) is 11.3 Å². The molecule has 0 radical (unpaired) electrons. The van der Waals surface area contributed by atoms with Gasteiger partial charge in [-0.25, -0.2) is 13.1 Å². The number of hydrogen-bond acceptors (Lipinski definition) is 5. The fourth-order valence-corrected chi connectivity index (χ4v) is 3.30. The summed E-state index contributed by atoms with van der Waals surface area (Å²) < 4.78 is 28.8. The van der Waals surface area contributed by atoms with Crippen molar-refractivity contribution in [1.29, 1.82) is 5.26 Å². The first-order valence-corrected chi connectivity index (χ1v) is 7.70.